The highest BCUT2D eigenvalue weighted by atomic mass is 16.7. The molecule has 7 rings (SSSR count). The number of benzene rings is 5. The van der Waals surface area contributed by atoms with Crippen molar-refractivity contribution in [1.82, 2.24) is 4.57 Å². The van der Waals surface area contributed by atoms with Gasteiger partial charge in [-0.05, 0) is 79.3 Å². The fraction of sp³-hybridized carbons (Fsp3) is 0.176. The zero-order valence-corrected chi connectivity index (χ0v) is 22.2. The first-order valence-electron chi connectivity index (χ1n) is 13.3. The van der Waals surface area contributed by atoms with E-state index in [2.05, 4.69) is 141 Å². The van der Waals surface area contributed by atoms with Gasteiger partial charge in [-0.15, -0.1) is 0 Å². The molecule has 2 heterocycles. The zero-order valence-electron chi connectivity index (χ0n) is 22.2. The second kappa shape index (κ2) is 8.32. The predicted octanol–water partition coefficient (Wildman–Crippen LogP) is 7.90. The molecule has 1 aliphatic heterocycles. The lowest BCUT2D eigenvalue weighted by Gasteiger charge is -2.32. The van der Waals surface area contributed by atoms with Crippen LogP contribution in [0.1, 0.15) is 27.7 Å². The van der Waals surface area contributed by atoms with Crippen molar-refractivity contribution in [1.29, 1.82) is 0 Å². The molecule has 0 atom stereocenters. The summed E-state index contributed by atoms with van der Waals surface area (Å²) in [6.07, 6.45) is 0. The maximum atomic E-state index is 6.41. The van der Waals surface area contributed by atoms with Crippen molar-refractivity contribution in [2.75, 3.05) is 0 Å². The van der Waals surface area contributed by atoms with Gasteiger partial charge in [0.05, 0.1) is 22.2 Å². The van der Waals surface area contributed by atoms with Crippen LogP contribution < -0.4 is 5.46 Å². The van der Waals surface area contributed by atoms with Crippen molar-refractivity contribution < 1.29 is 9.31 Å². The summed E-state index contributed by atoms with van der Waals surface area (Å²) in [6.45, 7) is 8.39. The molecule has 0 saturated carbocycles. The van der Waals surface area contributed by atoms with Crippen LogP contribution >= 0.6 is 0 Å². The van der Waals surface area contributed by atoms with Gasteiger partial charge >= 0.3 is 7.12 Å². The second-order valence-corrected chi connectivity index (χ2v) is 11.3. The van der Waals surface area contributed by atoms with Crippen LogP contribution in [0.5, 0.6) is 0 Å². The number of hydrogen-bond donors (Lipinski definition) is 0. The molecule has 0 radical (unpaired) electrons. The lowest BCUT2D eigenvalue weighted by Crippen LogP contribution is -2.41. The van der Waals surface area contributed by atoms with Crippen LogP contribution in [-0.4, -0.2) is 22.9 Å². The molecule has 0 aliphatic carbocycles. The van der Waals surface area contributed by atoms with Crippen LogP contribution in [0.2, 0.25) is 0 Å². The number of hydrogen-bond acceptors (Lipinski definition) is 2. The van der Waals surface area contributed by atoms with Gasteiger partial charge in [0.25, 0.3) is 0 Å². The highest BCUT2D eigenvalue weighted by molar-refractivity contribution is 6.62. The Kier molecular flexibility index (Phi) is 5.10. The number of rotatable bonds is 3. The van der Waals surface area contributed by atoms with Crippen LogP contribution in [-0.2, 0) is 9.31 Å². The van der Waals surface area contributed by atoms with Gasteiger partial charge in [0, 0.05) is 16.5 Å². The number of nitrogens with zero attached hydrogens (tertiary/aromatic N) is 1. The Hall–Kier alpha value is -3.86. The van der Waals surface area contributed by atoms with Gasteiger partial charge in [0.1, 0.15) is 0 Å². The topological polar surface area (TPSA) is 23.4 Å². The van der Waals surface area contributed by atoms with E-state index < -0.39 is 7.12 Å². The third-order valence-electron chi connectivity index (χ3n) is 8.43. The quantitative estimate of drug-likeness (QED) is 0.233. The van der Waals surface area contributed by atoms with Crippen molar-refractivity contribution in [3.8, 4) is 16.8 Å². The fourth-order valence-corrected chi connectivity index (χ4v) is 5.66. The van der Waals surface area contributed by atoms with Gasteiger partial charge in [-0.25, -0.2) is 0 Å². The van der Waals surface area contributed by atoms with Crippen molar-refractivity contribution in [2.45, 2.75) is 38.9 Å². The largest absolute Gasteiger partial charge is 0.494 e. The Morgan fingerprint density at radius 3 is 1.97 bits per heavy atom. The summed E-state index contributed by atoms with van der Waals surface area (Å²) in [5.74, 6) is 0. The predicted molar refractivity (Wildman–Crippen MR) is 159 cm³/mol. The van der Waals surface area contributed by atoms with Crippen molar-refractivity contribution in [3.05, 3.63) is 109 Å². The molecule has 6 aromatic rings. The third kappa shape index (κ3) is 3.52. The van der Waals surface area contributed by atoms with Crippen LogP contribution in [0.4, 0.5) is 0 Å². The van der Waals surface area contributed by atoms with Gasteiger partial charge in [0.2, 0.25) is 0 Å². The molecule has 3 nitrogen and oxygen atoms in total. The van der Waals surface area contributed by atoms with Gasteiger partial charge < -0.3 is 13.9 Å². The average Bonchev–Trinajstić information content (AvgIpc) is 3.36. The molecule has 0 unspecified atom stereocenters. The zero-order chi connectivity index (χ0) is 26.1. The molecule has 0 N–H and O–H groups in total. The van der Waals surface area contributed by atoms with E-state index in [1.165, 1.54) is 38.2 Å². The van der Waals surface area contributed by atoms with E-state index in [0.717, 1.165) is 16.7 Å². The summed E-state index contributed by atoms with van der Waals surface area (Å²) in [5.41, 5.74) is 6.18. The Morgan fingerprint density at radius 2 is 1.21 bits per heavy atom. The SMILES string of the molecule is CC1(C)OB(c2ccc3c4ccc(-c5cccc6ccccc56)cc4n(-c4ccccc4)c3c2)OC1(C)C. The summed E-state index contributed by atoms with van der Waals surface area (Å²) >= 11 is 0. The van der Waals surface area contributed by atoms with E-state index in [4.69, 9.17) is 9.31 Å². The highest BCUT2D eigenvalue weighted by Gasteiger charge is 2.51. The van der Waals surface area contributed by atoms with Crippen LogP contribution in [0, 0.1) is 0 Å². The molecule has 1 saturated heterocycles. The van der Waals surface area contributed by atoms with Crippen LogP contribution in [0.25, 0.3) is 49.4 Å². The number of aromatic nitrogens is 1. The molecule has 5 aromatic carbocycles. The lowest BCUT2D eigenvalue weighted by atomic mass is 9.79. The number of fused-ring (bicyclic) bond motifs is 4. The molecule has 186 valence electrons. The Morgan fingerprint density at radius 1 is 0.579 bits per heavy atom. The van der Waals surface area contributed by atoms with Crippen molar-refractivity contribution in [3.63, 3.8) is 0 Å². The molecule has 0 bridgehead atoms. The number of para-hydroxylation sites is 1. The van der Waals surface area contributed by atoms with Crippen molar-refractivity contribution >= 4 is 45.2 Å². The van der Waals surface area contributed by atoms with Gasteiger partial charge in [-0.1, -0.05) is 84.9 Å². The summed E-state index contributed by atoms with van der Waals surface area (Å²) in [5, 5.41) is 4.96. The molecule has 38 heavy (non-hydrogen) atoms. The summed E-state index contributed by atoms with van der Waals surface area (Å²) < 4.78 is 15.2. The molecule has 1 aliphatic rings. The minimum Gasteiger partial charge on any atom is -0.399 e. The summed E-state index contributed by atoms with van der Waals surface area (Å²) in [4.78, 5) is 0. The Balaban J connectivity index is 1.47. The van der Waals surface area contributed by atoms with Gasteiger partial charge in [-0.2, -0.15) is 0 Å². The van der Waals surface area contributed by atoms with Gasteiger partial charge in [-0.3, -0.25) is 0 Å². The fourth-order valence-electron chi connectivity index (χ4n) is 5.66. The smallest absolute Gasteiger partial charge is 0.399 e. The molecule has 1 aromatic heterocycles. The Bertz CT molecular complexity index is 1810. The summed E-state index contributed by atoms with van der Waals surface area (Å²) in [7, 11) is -0.405. The van der Waals surface area contributed by atoms with E-state index in [1.54, 1.807) is 0 Å². The van der Waals surface area contributed by atoms with E-state index in [0.29, 0.717) is 0 Å². The van der Waals surface area contributed by atoms with Gasteiger partial charge in [0.15, 0.2) is 0 Å². The molecular formula is C34H30BNO2. The summed E-state index contributed by atoms with van der Waals surface area (Å²) in [6, 6.07) is 39.2. The molecule has 0 amide bonds. The lowest BCUT2D eigenvalue weighted by molar-refractivity contribution is 0.00578. The maximum absolute atomic E-state index is 6.41. The minimum absolute atomic E-state index is 0.383. The average molecular weight is 495 g/mol. The standard InChI is InChI=1S/C34H30BNO2/c1-33(2)34(3,4)38-35(37-33)25-18-20-30-29-19-17-24(28-16-10-12-23-11-8-9-15-27(23)28)21-31(29)36(32(30)22-25)26-13-6-5-7-14-26/h5-22H,1-4H3. The van der Waals surface area contributed by atoms with Crippen LogP contribution in [0.3, 0.4) is 0 Å². The van der Waals surface area contributed by atoms with E-state index in [1.807, 2.05) is 0 Å². The maximum Gasteiger partial charge on any atom is 0.494 e. The first-order valence-corrected chi connectivity index (χ1v) is 13.3. The van der Waals surface area contributed by atoms with Crippen LogP contribution in [0.15, 0.2) is 109 Å². The van der Waals surface area contributed by atoms with E-state index >= 15 is 0 Å². The highest BCUT2D eigenvalue weighted by Crippen LogP contribution is 2.39. The van der Waals surface area contributed by atoms with Crippen molar-refractivity contribution in [2.24, 2.45) is 0 Å². The third-order valence-corrected chi connectivity index (χ3v) is 8.43. The molecule has 4 heteroatoms. The minimum atomic E-state index is -0.405. The molecule has 0 spiro atoms. The Labute approximate surface area is 223 Å². The first kappa shape index (κ1) is 23.3. The molecule has 1 fully saturated rings. The monoisotopic (exact) mass is 495 g/mol. The normalized spacial score (nSPS) is 16.6. The molecular weight excluding hydrogens is 465 g/mol. The second-order valence-electron chi connectivity index (χ2n) is 11.3. The first-order chi connectivity index (χ1) is 18.3. The van der Waals surface area contributed by atoms with E-state index in [9.17, 15) is 0 Å². The van der Waals surface area contributed by atoms with E-state index in [-0.39, 0.29) is 11.2 Å².